The predicted molar refractivity (Wildman–Crippen MR) is 47.0 cm³/mol. The molecule has 1 aliphatic rings. The fraction of sp³-hybridized carbons (Fsp3) is 0.875. The number of rotatable bonds is 1. The van der Waals surface area contributed by atoms with Crippen molar-refractivity contribution < 1.29 is 4.58 Å². The Bertz CT molecular complexity index is 174. The highest BCUT2D eigenvalue weighted by Gasteiger charge is 2.26. The molecule has 3 nitrogen and oxygen atoms in total. The molecule has 0 aromatic heterocycles. The summed E-state index contributed by atoms with van der Waals surface area (Å²) in [5.41, 5.74) is 0. The Morgan fingerprint density at radius 3 is 2.64 bits per heavy atom. The van der Waals surface area contributed by atoms with Crippen molar-refractivity contribution in [3.8, 4) is 0 Å². The summed E-state index contributed by atoms with van der Waals surface area (Å²) in [6.07, 6.45) is 0. The van der Waals surface area contributed by atoms with E-state index in [0.29, 0.717) is 0 Å². The highest BCUT2D eigenvalue weighted by Crippen LogP contribution is 1.99. The van der Waals surface area contributed by atoms with Gasteiger partial charge in [-0.15, -0.1) is 0 Å². The van der Waals surface area contributed by atoms with Gasteiger partial charge in [-0.3, -0.25) is 14.4 Å². The lowest BCUT2D eigenvalue weighted by atomic mass is 10.6. The summed E-state index contributed by atoms with van der Waals surface area (Å²) in [6.45, 7) is 5.54. The first kappa shape index (κ1) is 8.37. The minimum Gasteiger partial charge on any atom is -0.268 e. The third kappa shape index (κ3) is 1.47. The lowest BCUT2D eigenvalue weighted by molar-refractivity contribution is -0.491. The fourth-order valence-electron chi connectivity index (χ4n) is 1.52. The summed E-state index contributed by atoms with van der Waals surface area (Å²) in [5, 5.41) is 0. The molecule has 0 unspecified atom stereocenters. The fourth-order valence-corrected chi connectivity index (χ4v) is 1.52. The molecule has 11 heavy (non-hydrogen) atoms. The second-order valence-electron chi connectivity index (χ2n) is 3.16. The molecule has 0 N–H and O–H groups in total. The molecule has 3 heteroatoms. The van der Waals surface area contributed by atoms with Gasteiger partial charge in [0.25, 0.3) is 0 Å². The molecule has 0 fully saturated rings. The summed E-state index contributed by atoms with van der Waals surface area (Å²) in [5.74, 6) is 1.34. The van der Waals surface area contributed by atoms with Gasteiger partial charge in [-0.25, -0.2) is 0 Å². The molecule has 0 aliphatic carbocycles. The Hall–Kier alpha value is -0.730. The molecule has 0 saturated heterocycles. The normalized spacial score (nSPS) is 18.0. The number of guanidine groups is 1. The van der Waals surface area contributed by atoms with Crippen molar-refractivity contribution in [2.24, 2.45) is 0 Å². The van der Waals surface area contributed by atoms with Crippen LogP contribution in [-0.4, -0.2) is 61.1 Å². The van der Waals surface area contributed by atoms with E-state index in [1.165, 1.54) is 5.96 Å². The topological polar surface area (TPSA) is 9.49 Å². The summed E-state index contributed by atoms with van der Waals surface area (Å²) in [6, 6.07) is 0. The van der Waals surface area contributed by atoms with E-state index >= 15 is 0 Å². The highest BCUT2D eigenvalue weighted by molar-refractivity contribution is 5.75. The SMILES string of the molecule is CCN(C)C1=[N+](C)CCN1C. The second kappa shape index (κ2) is 3.11. The molecule has 1 aliphatic heterocycles. The predicted octanol–water partition coefficient (Wildman–Crippen LogP) is -0.118. The van der Waals surface area contributed by atoms with E-state index in [9.17, 15) is 0 Å². The molecule has 1 heterocycles. The van der Waals surface area contributed by atoms with Gasteiger partial charge in [-0.1, -0.05) is 0 Å². The lowest BCUT2D eigenvalue weighted by Gasteiger charge is -2.16. The van der Waals surface area contributed by atoms with Crippen molar-refractivity contribution in [1.29, 1.82) is 0 Å². The van der Waals surface area contributed by atoms with E-state index in [1.54, 1.807) is 0 Å². The van der Waals surface area contributed by atoms with E-state index < -0.39 is 0 Å². The van der Waals surface area contributed by atoms with Crippen LogP contribution in [0.5, 0.6) is 0 Å². The van der Waals surface area contributed by atoms with Crippen LogP contribution in [0, 0.1) is 0 Å². The summed E-state index contributed by atoms with van der Waals surface area (Å²) >= 11 is 0. The average Bonchev–Trinajstić information content (AvgIpc) is 2.30. The van der Waals surface area contributed by atoms with Crippen LogP contribution in [0.3, 0.4) is 0 Å². The summed E-state index contributed by atoms with van der Waals surface area (Å²) in [4.78, 5) is 4.57. The largest absolute Gasteiger partial charge is 0.350 e. The van der Waals surface area contributed by atoms with Crippen molar-refractivity contribution in [2.75, 3.05) is 40.8 Å². The molecule has 0 aromatic rings. The minimum atomic E-state index is 1.07. The Morgan fingerprint density at radius 1 is 1.64 bits per heavy atom. The van der Waals surface area contributed by atoms with Gasteiger partial charge in [0.2, 0.25) is 0 Å². The molecule has 0 atom stereocenters. The first-order chi connectivity index (χ1) is 5.16. The van der Waals surface area contributed by atoms with Gasteiger partial charge in [0.1, 0.15) is 0 Å². The van der Waals surface area contributed by atoms with Crippen molar-refractivity contribution in [3.05, 3.63) is 0 Å². The Labute approximate surface area is 68.9 Å². The maximum atomic E-state index is 2.30. The lowest BCUT2D eigenvalue weighted by Crippen LogP contribution is -2.39. The van der Waals surface area contributed by atoms with Crippen molar-refractivity contribution in [1.82, 2.24) is 9.80 Å². The zero-order valence-corrected chi connectivity index (χ0v) is 7.96. The van der Waals surface area contributed by atoms with Crippen LogP contribution >= 0.6 is 0 Å². The van der Waals surface area contributed by atoms with Gasteiger partial charge in [0.05, 0.1) is 40.8 Å². The van der Waals surface area contributed by atoms with Crippen LogP contribution in [0.1, 0.15) is 6.92 Å². The van der Waals surface area contributed by atoms with E-state index in [-0.39, 0.29) is 0 Å². The van der Waals surface area contributed by atoms with Crippen LogP contribution in [0.25, 0.3) is 0 Å². The Balaban J connectivity index is 2.74. The third-order valence-corrected chi connectivity index (χ3v) is 2.27. The van der Waals surface area contributed by atoms with Gasteiger partial charge in [0.15, 0.2) is 0 Å². The van der Waals surface area contributed by atoms with Gasteiger partial charge in [0, 0.05) is 0 Å². The number of likely N-dealkylation sites (N-methyl/N-ethyl adjacent to an activating group) is 2. The number of nitrogens with zero attached hydrogens (tertiary/aromatic N) is 3. The van der Waals surface area contributed by atoms with Crippen LogP contribution in [-0.2, 0) is 0 Å². The standard InChI is InChI=1S/C8H18N3/c1-5-9(2)8-10(3)6-7-11(8)4/h5-7H2,1-4H3/q+1. The molecule has 64 valence electrons. The van der Waals surface area contributed by atoms with Crippen LogP contribution in [0.15, 0.2) is 0 Å². The molecular formula is C8H18N3+. The zero-order valence-electron chi connectivity index (χ0n) is 7.96. The Morgan fingerprint density at radius 2 is 2.27 bits per heavy atom. The van der Waals surface area contributed by atoms with Gasteiger partial charge >= 0.3 is 5.96 Å². The third-order valence-electron chi connectivity index (χ3n) is 2.27. The monoisotopic (exact) mass is 156 g/mol. The molecule has 0 bridgehead atoms. The zero-order chi connectivity index (χ0) is 8.43. The van der Waals surface area contributed by atoms with Crippen LogP contribution < -0.4 is 0 Å². The molecular weight excluding hydrogens is 138 g/mol. The summed E-state index contributed by atoms with van der Waals surface area (Å²) in [7, 11) is 6.42. The quantitative estimate of drug-likeness (QED) is 0.490. The molecule has 0 aromatic carbocycles. The number of hydrogen-bond donors (Lipinski definition) is 0. The maximum absolute atomic E-state index is 2.30. The molecule has 0 radical (unpaired) electrons. The van der Waals surface area contributed by atoms with Crippen molar-refractivity contribution in [2.45, 2.75) is 6.92 Å². The molecule has 1 rings (SSSR count). The smallest absolute Gasteiger partial charge is 0.268 e. The van der Waals surface area contributed by atoms with Gasteiger partial charge < -0.3 is 0 Å². The highest BCUT2D eigenvalue weighted by atomic mass is 15.4. The number of hydrogen-bond acceptors (Lipinski definition) is 2. The Kier molecular flexibility index (Phi) is 2.37. The molecule has 0 saturated carbocycles. The van der Waals surface area contributed by atoms with Gasteiger partial charge in [-0.05, 0) is 6.92 Å². The van der Waals surface area contributed by atoms with E-state index in [2.05, 4.69) is 42.4 Å². The van der Waals surface area contributed by atoms with Crippen molar-refractivity contribution in [3.63, 3.8) is 0 Å². The van der Waals surface area contributed by atoms with E-state index in [4.69, 9.17) is 0 Å². The molecule has 0 amide bonds. The van der Waals surface area contributed by atoms with Crippen LogP contribution in [0.2, 0.25) is 0 Å². The maximum Gasteiger partial charge on any atom is 0.350 e. The van der Waals surface area contributed by atoms with E-state index in [0.717, 1.165) is 19.6 Å². The first-order valence-corrected chi connectivity index (χ1v) is 4.17. The minimum absolute atomic E-state index is 1.07. The molecule has 0 spiro atoms. The van der Waals surface area contributed by atoms with E-state index in [1.807, 2.05) is 0 Å². The first-order valence-electron chi connectivity index (χ1n) is 4.17. The van der Waals surface area contributed by atoms with Crippen molar-refractivity contribution >= 4 is 5.96 Å². The summed E-state index contributed by atoms with van der Waals surface area (Å²) < 4.78 is 2.30. The van der Waals surface area contributed by atoms with Crippen LogP contribution in [0.4, 0.5) is 0 Å². The van der Waals surface area contributed by atoms with Gasteiger partial charge in [-0.2, -0.15) is 0 Å². The second-order valence-corrected chi connectivity index (χ2v) is 3.16. The average molecular weight is 156 g/mol.